The molecule has 25 heavy (non-hydrogen) atoms. The fourth-order valence-electron chi connectivity index (χ4n) is 2.39. The van der Waals surface area contributed by atoms with Gasteiger partial charge in [0, 0.05) is 6.54 Å². The number of ether oxygens (including phenoxy) is 1. The first kappa shape index (κ1) is 19.7. The topological polar surface area (TPSA) is 72.9 Å². The van der Waals surface area contributed by atoms with Gasteiger partial charge in [0.1, 0.15) is 17.9 Å². The van der Waals surface area contributed by atoms with E-state index in [4.69, 9.17) is 8.92 Å². The summed E-state index contributed by atoms with van der Waals surface area (Å²) in [5, 5.41) is 0. The Labute approximate surface area is 148 Å². The average Bonchev–Trinajstić information content (AvgIpc) is 2.48. The second-order valence-corrected chi connectivity index (χ2v) is 8.70. The van der Waals surface area contributed by atoms with Gasteiger partial charge in [-0.3, -0.25) is 4.18 Å². The molecule has 1 amide bonds. The fourth-order valence-corrected chi connectivity index (χ4v) is 3.48. The van der Waals surface area contributed by atoms with Gasteiger partial charge in [-0.05, 0) is 46.2 Å². The number of rotatable bonds is 3. The first-order valence-corrected chi connectivity index (χ1v) is 9.51. The van der Waals surface area contributed by atoms with Gasteiger partial charge in [-0.15, -0.1) is 0 Å². The molecule has 1 fully saturated rings. The SMILES string of the molecule is Cc1ccc(S(=O)(=O)O[C@H]2CN(C(=O)OC(C)(C)C)CC[C@@H]2F)cc1. The van der Waals surface area contributed by atoms with Crippen LogP contribution in [0.25, 0.3) is 0 Å². The number of alkyl halides is 1. The molecule has 0 spiro atoms. The summed E-state index contributed by atoms with van der Waals surface area (Å²) in [6, 6.07) is 6.09. The number of hydrogen-bond acceptors (Lipinski definition) is 5. The zero-order chi connectivity index (χ0) is 18.8. The van der Waals surface area contributed by atoms with Crippen molar-refractivity contribution in [1.29, 1.82) is 0 Å². The highest BCUT2D eigenvalue weighted by atomic mass is 32.2. The highest BCUT2D eigenvalue weighted by molar-refractivity contribution is 7.86. The molecule has 1 aromatic carbocycles. The smallest absolute Gasteiger partial charge is 0.410 e. The van der Waals surface area contributed by atoms with Gasteiger partial charge in [-0.2, -0.15) is 8.42 Å². The monoisotopic (exact) mass is 373 g/mol. The maximum absolute atomic E-state index is 14.2. The summed E-state index contributed by atoms with van der Waals surface area (Å²) in [6.07, 6.45) is -3.35. The third kappa shape index (κ3) is 5.40. The van der Waals surface area contributed by atoms with Crippen LogP contribution >= 0.6 is 0 Å². The number of aryl methyl sites for hydroxylation is 1. The number of amides is 1. The molecule has 1 aromatic rings. The first-order chi connectivity index (χ1) is 11.5. The minimum Gasteiger partial charge on any atom is -0.444 e. The molecule has 140 valence electrons. The second kappa shape index (κ2) is 7.29. The molecule has 6 nitrogen and oxygen atoms in total. The van der Waals surface area contributed by atoms with Crippen LogP contribution in [0.1, 0.15) is 32.8 Å². The molecule has 0 radical (unpaired) electrons. The van der Waals surface area contributed by atoms with Crippen molar-refractivity contribution < 1.29 is 26.5 Å². The largest absolute Gasteiger partial charge is 0.444 e. The first-order valence-electron chi connectivity index (χ1n) is 8.10. The van der Waals surface area contributed by atoms with Crippen molar-refractivity contribution in [2.75, 3.05) is 13.1 Å². The van der Waals surface area contributed by atoms with E-state index in [0.717, 1.165) is 5.56 Å². The third-order valence-electron chi connectivity index (χ3n) is 3.69. The lowest BCUT2D eigenvalue weighted by Gasteiger charge is -2.35. The molecule has 0 saturated carbocycles. The van der Waals surface area contributed by atoms with Crippen molar-refractivity contribution in [3.05, 3.63) is 29.8 Å². The maximum Gasteiger partial charge on any atom is 0.410 e. The molecule has 8 heteroatoms. The average molecular weight is 373 g/mol. The molecule has 2 rings (SSSR count). The lowest BCUT2D eigenvalue weighted by atomic mass is 10.1. The Hall–Kier alpha value is -1.67. The molecule has 0 aromatic heterocycles. The highest BCUT2D eigenvalue weighted by Gasteiger charge is 2.37. The molecular formula is C17H24FNO5S. The van der Waals surface area contributed by atoms with Crippen LogP contribution in [-0.4, -0.2) is 50.4 Å². The van der Waals surface area contributed by atoms with Crippen molar-refractivity contribution in [1.82, 2.24) is 4.90 Å². The van der Waals surface area contributed by atoms with E-state index < -0.39 is 34.1 Å². The van der Waals surface area contributed by atoms with E-state index >= 15 is 0 Å². The zero-order valence-electron chi connectivity index (χ0n) is 14.9. The number of halogens is 1. The van der Waals surface area contributed by atoms with Crippen molar-refractivity contribution >= 4 is 16.2 Å². The molecule has 1 aliphatic heterocycles. The Balaban J connectivity index is 2.09. The lowest BCUT2D eigenvalue weighted by molar-refractivity contribution is -0.0108. The molecule has 0 aliphatic carbocycles. The van der Waals surface area contributed by atoms with Gasteiger partial charge in [0.05, 0.1) is 11.4 Å². The molecule has 0 bridgehead atoms. The molecule has 1 saturated heterocycles. The van der Waals surface area contributed by atoms with Gasteiger partial charge in [0.25, 0.3) is 10.1 Å². The van der Waals surface area contributed by atoms with Crippen LogP contribution in [0, 0.1) is 6.92 Å². The van der Waals surface area contributed by atoms with Crippen LogP contribution in [0.2, 0.25) is 0 Å². The van der Waals surface area contributed by atoms with Crippen LogP contribution in [0.15, 0.2) is 29.2 Å². The van der Waals surface area contributed by atoms with Crippen LogP contribution in [0.5, 0.6) is 0 Å². The summed E-state index contributed by atoms with van der Waals surface area (Å²) in [6.45, 7) is 6.98. The van der Waals surface area contributed by atoms with E-state index in [2.05, 4.69) is 0 Å². The van der Waals surface area contributed by atoms with Gasteiger partial charge in [-0.25, -0.2) is 9.18 Å². The quantitative estimate of drug-likeness (QED) is 0.762. The van der Waals surface area contributed by atoms with Gasteiger partial charge in [-0.1, -0.05) is 17.7 Å². The van der Waals surface area contributed by atoms with Crippen molar-refractivity contribution in [2.24, 2.45) is 0 Å². The predicted molar refractivity (Wildman–Crippen MR) is 90.6 cm³/mol. The standard InChI is InChI=1S/C17H24FNO5S/c1-12-5-7-13(8-6-12)25(21,22)24-15-11-19(10-9-14(15)18)16(20)23-17(2,3)4/h5-8,14-15H,9-11H2,1-4H3/t14-,15-/m0/s1. The van der Waals surface area contributed by atoms with Crippen molar-refractivity contribution in [2.45, 2.75) is 56.9 Å². The predicted octanol–water partition coefficient (Wildman–Crippen LogP) is 3.05. The molecule has 2 atom stereocenters. The van der Waals surface area contributed by atoms with E-state index in [1.807, 2.05) is 6.92 Å². The number of carbonyl (C=O) groups is 1. The fraction of sp³-hybridized carbons (Fsp3) is 0.588. The summed E-state index contributed by atoms with van der Waals surface area (Å²) >= 11 is 0. The number of likely N-dealkylation sites (tertiary alicyclic amines) is 1. The lowest BCUT2D eigenvalue weighted by Crippen LogP contribution is -2.50. The Bertz CT molecular complexity index is 712. The van der Waals surface area contributed by atoms with Gasteiger partial charge in [0.15, 0.2) is 0 Å². The number of hydrogen-bond donors (Lipinski definition) is 0. The third-order valence-corrected chi connectivity index (χ3v) is 5.04. The minimum absolute atomic E-state index is 0.00662. The Kier molecular flexibility index (Phi) is 5.73. The maximum atomic E-state index is 14.2. The van der Waals surface area contributed by atoms with E-state index in [1.54, 1.807) is 32.9 Å². The molecule has 1 aliphatic rings. The van der Waals surface area contributed by atoms with E-state index in [9.17, 15) is 17.6 Å². The zero-order valence-corrected chi connectivity index (χ0v) is 15.7. The number of carbonyl (C=O) groups excluding carboxylic acids is 1. The Morgan fingerprint density at radius 1 is 1.24 bits per heavy atom. The summed E-state index contributed by atoms with van der Waals surface area (Å²) < 4.78 is 49.2. The number of benzene rings is 1. The number of piperidine rings is 1. The van der Waals surface area contributed by atoms with Crippen LogP contribution in [-0.2, 0) is 19.0 Å². The Morgan fingerprint density at radius 3 is 2.40 bits per heavy atom. The van der Waals surface area contributed by atoms with Gasteiger partial charge < -0.3 is 9.64 Å². The van der Waals surface area contributed by atoms with E-state index in [-0.39, 0.29) is 24.4 Å². The van der Waals surface area contributed by atoms with E-state index in [0.29, 0.717) is 0 Å². The summed E-state index contributed by atoms with van der Waals surface area (Å²) in [7, 11) is -4.11. The molecular weight excluding hydrogens is 349 g/mol. The Morgan fingerprint density at radius 2 is 1.84 bits per heavy atom. The minimum atomic E-state index is -4.11. The van der Waals surface area contributed by atoms with Crippen LogP contribution in [0.4, 0.5) is 9.18 Å². The summed E-state index contributed by atoms with van der Waals surface area (Å²) in [4.78, 5) is 13.3. The second-order valence-electron chi connectivity index (χ2n) is 7.13. The van der Waals surface area contributed by atoms with E-state index in [1.165, 1.54) is 17.0 Å². The molecule has 1 heterocycles. The number of nitrogens with zero attached hydrogens (tertiary/aromatic N) is 1. The van der Waals surface area contributed by atoms with Crippen molar-refractivity contribution in [3.8, 4) is 0 Å². The van der Waals surface area contributed by atoms with Crippen LogP contribution < -0.4 is 0 Å². The summed E-state index contributed by atoms with van der Waals surface area (Å²) in [5.41, 5.74) is 0.213. The molecule has 0 unspecified atom stereocenters. The van der Waals surface area contributed by atoms with Crippen molar-refractivity contribution in [3.63, 3.8) is 0 Å². The highest BCUT2D eigenvalue weighted by Crippen LogP contribution is 2.24. The van der Waals surface area contributed by atoms with Gasteiger partial charge >= 0.3 is 6.09 Å². The van der Waals surface area contributed by atoms with Crippen LogP contribution in [0.3, 0.4) is 0 Å². The summed E-state index contributed by atoms with van der Waals surface area (Å²) in [5.74, 6) is 0. The normalized spacial score (nSPS) is 21.9. The van der Waals surface area contributed by atoms with Gasteiger partial charge in [0.2, 0.25) is 0 Å². The molecule has 0 N–H and O–H groups in total.